The summed E-state index contributed by atoms with van der Waals surface area (Å²) in [4.78, 5) is 27.5. The fraction of sp³-hybridized carbons (Fsp3) is 0.286. The Morgan fingerprint density at radius 2 is 1.62 bits per heavy atom. The molecule has 1 atom stereocenters. The summed E-state index contributed by atoms with van der Waals surface area (Å²) in [5.74, 6) is -0.375. The van der Waals surface area contributed by atoms with Gasteiger partial charge in [-0.25, -0.2) is 8.42 Å². The van der Waals surface area contributed by atoms with Crippen LogP contribution in [0.4, 0.5) is 5.69 Å². The highest BCUT2D eigenvalue weighted by Gasteiger charge is 2.30. The Morgan fingerprint density at radius 3 is 2.21 bits per heavy atom. The van der Waals surface area contributed by atoms with Crippen LogP contribution in [0.1, 0.15) is 25.0 Å². The van der Waals surface area contributed by atoms with Gasteiger partial charge in [-0.3, -0.25) is 13.9 Å². The predicted octanol–water partition coefficient (Wildman–Crippen LogP) is 4.89. The van der Waals surface area contributed by atoms with Crippen molar-refractivity contribution in [2.24, 2.45) is 0 Å². The van der Waals surface area contributed by atoms with Crippen LogP contribution in [-0.2, 0) is 32.8 Å². The van der Waals surface area contributed by atoms with Gasteiger partial charge in [0.05, 0.1) is 22.0 Å². The second-order valence-corrected chi connectivity index (χ2v) is 11.6. The van der Waals surface area contributed by atoms with E-state index in [4.69, 9.17) is 27.9 Å². The molecular formula is C28H31Cl2N3O5S. The van der Waals surface area contributed by atoms with Crippen molar-refractivity contribution in [2.75, 3.05) is 23.7 Å². The fourth-order valence-corrected chi connectivity index (χ4v) is 4.97. The van der Waals surface area contributed by atoms with Gasteiger partial charge in [-0.15, -0.1) is 0 Å². The van der Waals surface area contributed by atoms with E-state index in [1.165, 1.54) is 4.90 Å². The Balaban J connectivity index is 1.82. The molecule has 0 bridgehead atoms. The molecule has 0 aromatic heterocycles. The van der Waals surface area contributed by atoms with Gasteiger partial charge in [-0.05, 0) is 61.4 Å². The first kappa shape index (κ1) is 30.3. The fourth-order valence-electron chi connectivity index (χ4n) is 3.80. The highest BCUT2D eigenvalue weighted by molar-refractivity contribution is 7.92. The number of hydrogen-bond donors (Lipinski definition) is 1. The molecule has 0 unspecified atom stereocenters. The van der Waals surface area contributed by atoms with Crippen LogP contribution in [0.2, 0.25) is 10.0 Å². The van der Waals surface area contributed by atoms with E-state index < -0.39 is 28.5 Å². The Labute approximate surface area is 239 Å². The number of carbonyl (C=O) groups is 2. The molecule has 1 N–H and O–H groups in total. The molecule has 2 amide bonds. The third-order valence-electron chi connectivity index (χ3n) is 5.91. The quantitative estimate of drug-likeness (QED) is 0.323. The first-order valence-corrected chi connectivity index (χ1v) is 14.9. The van der Waals surface area contributed by atoms with Crippen LogP contribution >= 0.6 is 23.2 Å². The van der Waals surface area contributed by atoms with E-state index in [0.29, 0.717) is 34.5 Å². The summed E-state index contributed by atoms with van der Waals surface area (Å²) in [6, 6.07) is 20.1. The lowest BCUT2D eigenvalue weighted by Gasteiger charge is -2.31. The molecule has 0 aliphatic carbocycles. The second-order valence-electron chi connectivity index (χ2n) is 8.88. The maximum Gasteiger partial charge on any atom is 0.244 e. The molecule has 208 valence electrons. The van der Waals surface area contributed by atoms with Gasteiger partial charge in [0.1, 0.15) is 24.9 Å². The third kappa shape index (κ3) is 8.61. The van der Waals surface area contributed by atoms with Gasteiger partial charge in [0, 0.05) is 13.1 Å². The van der Waals surface area contributed by atoms with E-state index in [1.54, 1.807) is 56.3 Å². The van der Waals surface area contributed by atoms with Crippen molar-refractivity contribution >= 4 is 50.7 Å². The lowest BCUT2D eigenvalue weighted by molar-refractivity contribution is -0.139. The minimum absolute atomic E-state index is 0.0257. The normalized spacial score (nSPS) is 11.9. The molecule has 39 heavy (non-hydrogen) atoms. The van der Waals surface area contributed by atoms with E-state index >= 15 is 0 Å². The van der Waals surface area contributed by atoms with Crippen LogP contribution in [-0.4, -0.2) is 50.5 Å². The zero-order valence-corrected chi connectivity index (χ0v) is 24.3. The molecule has 3 aromatic rings. The molecule has 0 saturated heterocycles. The smallest absolute Gasteiger partial charge is 0.244 e. The second kappa shape index (κ2) is 13.7. The molecule has 0 spiro atoms. The molecule has 0 aliphatic rings. The number of carbonyl (C=O) groups excluding carboxylic acids is 2. The summed E-state index contributed by atoms with van der Waals surface area (Å²) in [5, 5.41) is 3.37. The number of benzene rings is 3. The Kier molecular flexibility index (Phi) is 10.6. The highest BCUT2D eigenvalue weighted by atomic mass is 35.5. The number of nitrogens with zero attached hydrogens (tertiary/aromatic N) is 2. The van der Waals surface area contributed by atoms with Crippen LogP contribution in [0.5, 0.6) is 5.75 Å². The lowest BCUT2D eigenvalue weighted by Crippen LogP contribution is -2.51. The van der Waals surface area contributed by atoms with Crippen LogP contribution in [0.3, 0.4) is 0 Å². The zero-order valence-electron chi connectivity index (χ0n) is 21.9. The number of nitrogens with one attached hydrogen (secondary N) is 1. The van der Waals surface area contributed by atoms with Gasteiger partial charge < -0.3 is 15.0 Å². The topological polar surface area (TPSA) is 96.0 Å². The van der Waals surface area contributed by atoms with Gasteiger partial charge in [-0.1, -0.05) is 59.6 Å². The third-order valence-corrected chi connectivity index (χ3v) is 7.79. The summed E-state index contributed by atoms with van der Waals surface area (Å²) >= 11 is 12.2. The SMILES string of the molecule is CCNC(=O)[C@@H](C)N(Cc1ccc(Cl)c(Cl)c1)C(=O)CN(c1ccc(OCc2ccccc2)cc1)S(C)(=O)=O. The molecular weight excluding hydrogens is 561 g/mol. The van der Waals surface area contributed by atoms with Crippen molar-refractivity contribution in [3.05, 3.63) is 94.0 Å². The Bertz CT molecular complexity index is 1390. The number of anilines is 1. The Morgan fingerprint density at radius 1 is 0.949 bits per heavy atom. The largest absolute Gasteiger partial charge is 0.489 e. The van der Waals surface area contributed by atoms with E-state index in [9.17, 15) is 18.0 Å². The van der Waals surface area contributed by atoms with Gasteiger partial charge in [0.25, 0.3) is 0 Å². The molecule has 3 rings (SSSR count). The van der Waals surface area contributed by atoms with Crippen molar-refractivity contribution in [1.29, 1.82) is 0 Å². The summed E-state index contributed by atoms with van der Waals surface area (Å²) in [6.45, 7) is 3.62. The standard InChI is InChI=1S/C28H31Cl2N3O5S/c1-4-31-28(35)20(2)32(17-22-10-15-25(29)26(30)16-22)27(34)18-33(39(3,36)37)23-11-13-24(14-12-23)38-19-21-8-6-5-7-9-21/h5-16,20H,4,17-19H2,1-3H3,(H,31,35)/t20-/m1/s1. The maximum atomic E-state index is 13.6. The van der Waals surface area contributed by atoms with Crippen LogP contribution in [0.25, 0.3) is 0 Å². The summed E-state index contributed by atoms with van der Waals surface area (Å²) in [7, 11) is -3.85. The highest BCUT2D eigenvalue weighted by Crippen LogP contribution is 2.25. The van der Waals surface area contributed by atoms with Crippen molar-refractivity contribution in [3.63, 3.8) is 0 Å². The molecule has 11 heteroatoms. The summed E-state index contributed by atoms with van der Waals surface area (Å²) in [6.07, 6.45) is 1.02. The minimum atomic E-state index is -3.85. The first-order chi connectivity index (χ1) is 18.5. The summed E-state index contributed by atoms with van der Waals surface area (Å²) < 4.78 is 32.3. The molecule has 0 fully saturated rings. The van der Waals surface area contributed by atoms with Crippen LogP contribution in [0, 0.1) is 0 Å². The monoisotopic (exact) mass is 591 g/mol. The number of likely N-dealkylation sites (N-methyl/N-ethyl adjacent to an activating group) is 1. The molecule has 3 aromatic carbocycles. The van der Waals surface area contributed by atoms with Crippen molar-refractivity contribution in [3.8, 4) is 5.75 Å². The van der Waals surface area contributed by atoms with E-state index in [-0.39, 0.29) is 18.1 Å². The van der Waals surface area contributed by atoms with Crippen molar-refractivity contribution in [1.82, 2.24) is 10.2 Å². The number of hydrogen-bond acceptors (Lipinski definition) is 5. The maximum absolute atomic E-state index is 13.6. The lowest BCUT2D eigenvalue weighted by atomic mass is 10.1. The van der Waals surface area contributed by atoms with Gasteiger partial charge >= 0.3 is 0 Å². The van der Waals surface area contributed by atoms with Crippen LogP contribution < -0.4 is 14.4 Å². The Hall–Kier alpha value is -3.27. The van der Waals surface area contributed by atoms with E-state index in [1.807, 2.05) is 30.3 Å². The molecule has 0 saturated carbocycles. The number of rotatable bonds is 12. The van der Waals surface area contributed by atoms with Crippen molar-refractivity contribution < 1.29 is 22.7 Å². The first-order valence-electron chi connectivity index (χ1n) is 12.2. The van der Waals surface area contributed by atoms with Crippen LogP contribution in [0.15, 0.2) is 72.8 Å². The van der Waals surface area contributed by atoms with Gasteiger partial charge in [-0.2, -0.15) is 0 Å². The molecule has 8 nitrogen and oxygen atoms in total. The summed E-state index contributed by atoms with van der Waals surface area (Å²) in [5.41, 5.74) is 1.92. The van der Waals surface area contributed by atoms with Gasteiger partial charge in [0.15, 0.2) is 0 Å². The average Bonchev–Trinajstić information content (AvgIpc) is 2.91. The number of amides is 2. The molecule has 0 radical (unpaired) electrons. The predicted molar refractivity (Wildman–Crippen MR) is 155 cm³/mol. The van der Waals surface area contributed by atoms with Gasteiger partial charge in [0.2, 0.25) is 21.8 Å². The van der Waals surface area contributed by atoms with Crippen molar-refractivity contribution in [2.45, 2.75) is 33.0 Å². The molecule has 0 heterocycles. The number of halogens is 2. The number of ether oxygens (including phenoxy) is 1. The zero-order chi connectivity index (χ0) is 28.6. The van der Waals surface area contributed by atoms with E-state index in [2.05, 4.69) is 5.32 Å². The number of sulfonamides is 1. The minimum Gasteiger partial charge on any atom is -0.489 e. The molecule has 0 aliphatic heterocycles. The average molecular weight is 593 g/mol. The van der Waals surface area contributed by atoms with E-state index in [0.717, 1.165) is 16.1 Å².